The highest BCUT2D eigenvalue weighted by Gasteiger charge is 2.18. The van der Waals surface area contributed by atoms with E-state index in [-0.39, 0.29) is 11.7 Å². The first-order chi connectivity index (χ1) is 15.2. The molecule has 0 fully saturated rings. The molecule has 0 unspecified atom stereocenters. The third kappa shape index (κ3) is 4.03. The van der Waals surface area contributed by atoms with Gasteiger partial charge in [-0.15, -0.1) is 10.2 Å². The minimum atomic E-state index is -0.0243. The number of benzene rings is 2. The summed E-state index contributed by atoms with van der Waals surface area (Å²) in [6.07, 6.45) is 0.808. The first kappa shape index (κ1) is 19.7. The van der Waals surface area contributed by atoms with Crippen LogP contribution in [-0.2, 0) is 11.2 Å². The molecule has 1 N–H and O–H groups in total. The van der Waals surface area contributed by atoms with E-state index in [4.69, 9.17) is 9.47 Å². The molecular weight excluding hydrogens is 412 g/mol. The van der Waals surface area contributed by atoms with Crippen molar-refractivity contribution < 1.29 is 14.3 Å². The molecule has 0 saturated carbocycles. The zero-order valence-corrected chi connectivity index (χ0v) is 17.9. The molecule has 3 heterocycles. The van der Waals surface area contributed by atoms with E-state index in [1.807, 2.05) is 41.7 Å². The summed E-state index contributed by atoms with van der Waals surface area (Å²) >= 11 is 1.38. The second-order valence-corrected chi connectivity index (χ2v) is 8.34. The number of thioether (sulfide) groups is 1. The first-order valence-electron chi connectivity index (χ1n) is 10.2. The quantitative estimate of drug-likeness (QED) is 0.469. The second-order valence-electron chi connectivity index (χ2n) is 7.40. The van der Waals surface area contributed by atoms with Crippen LogP contribution in [0.1, 0.15) is 11.1 Å². The molecule has 7 nitrogen and oxygen atoms in total. The Balaban J connectivity index is 1.34. The Bertz CT molecular complexity index is 1260. The Morgan fingerprint density at radius 1 is 1.10 bits per heavy atom. The lowest BCUT2D eigenvalue weighted by Crippen LogP contribution is -2.27. The Labute approximate surface area is 183 Å². The van der Waals surface area contributed by atoms with Gasteiger partial charge in [-0.25, -0.2) is 0 Å². The van der Waals surface area contributed by atoms with Crippen LogP contribution in [0.2, 0.25) is 0 Å². The highest BCUT2D eigenvalue weighted by atomic mass is 32.2. The fourth-order valence-corrected chi connectivity index (χ4v) is 4.48. The fourth-order valence-electron chi connectivity index (χ4n) is 3.71. The lowest BCUT2D eigenvalue weighted by Gasteiger charge is -2.19. The normalized spacial score (nSPS) is 12.9. The van der Waals surface area contributed by atoms with Crippen LogP contribution in [0.25, 0.3) is 16.6 Å². The summed E-state index contributed by atoms with van der Waals surface area (Å²) in [6.45, 7) is 3.69. The van der Waals surface area contributed by atoms with Crippen LogP contribution in [0.5, 0.6) is 11.5 Å². The van der Waals surface area contributed by atoms with Crippen LogP contribution in [-0.4, -0.2) is 46.0 Å². The van der Waals surface area contributed by atoms with Crippen molar-refractivity contribution in [3.8, 4) is 11.5 Å². The number of hydrogen-bond donors (Lipinski definition) is 1. The number of pyridine rings is 1. The van der Waals surface area contributed by atoms with Crippen molar-refractivity contribution in [2.24, 2.45) is 0 Å². The highest BCUT2D eigenvalue weighted by molar-refractivity contribution is 7.99. The Hall–Kier alpha value is -3.26. The van der Waals surface area contributed by atoms with Crippen molar-refractivity contribution in [2.75, 3.05) is 25.5 Å². The summed E-state index contributed by atoms with van der Waals surface area (Å²) in [5, 5.41) is 13.4. The van der Waals surface area contributed by atoms with E-state index in [2.05, 4.69) is 33.7 Å². The van der Waals surface area contributed by atoms with Crippen LogP contribution in [0.4, 0.5) is 0 Å². The van der Waals surface area contributed by atoms with Gasteiger partial charge in [0.1, 0.15) is 13.2 Å². The van der Waals surface area contributed by atoms with Crippen molar-refractivity contribution in [3.63, 3.8) is 0 Å². The van der Waals surface area contributed by atoms with Crippen LogP contribution in [0.3, 0.4) is 0 Å². The average Bonchev–Trinajstić information content (AvgIpc) is 3.22. The number of carbonyl (C=O) groups is 1. The molecule has 1 aliphatic heterocycles. The number of amides is 1. The topological polar surface area (TPSA) is 77.8 Å². The number of nitrogens with one attached hydrogen (secondary N) is 1. The molecule has 1 aliphatic rings. The molecule has 0 saturated heterocycles. The molecule has 31 heavy (non-hydrogen) atoms. The molecule has 2 aromatic heterocycles. The monoisotopic (exact) mass is 434 g/mol. The second kappa shape index (κ2) is 8.47. The Kier molecular flexibility index (Phi) is 5.38. The highest BCUT2D eigenvalue weighted by Crippen LogP contribution is 2.36. The van der Waals surface area contributed by atoms with Crippen molar-refractivity contribution in [1.29, 1.82) is 0 Å². The summed E-state index contributed by atoms with van der Waals surface area (Å²) in [7, 11) is 0. The van der Waals surface area contributed by atoms with Crippen molar-refractivity contribution in [2.45, 2.75) is 18.5 Å². The number of carbonyl (C=O) groups excluding carboxylic acids is 1. The summed E-state index contributed by atoms with van der Waals surface area (Å²) in [5.41, 5.74) is 3.92. The van der Waals surface area contributed by atoms with Gasteiger partial charge in [0.05, 0.1) is 11.3 Å². The van der Waals surface area contributed by atoms with Gasteiger partial charge in [0.2, 0.25) is 5.91 Å². The Morgan fingerprint density at radius 2 is 1.87 bits per heavy atom. The lowest BCUT2D eigenvalue weighted by atomic mass is 10.1. The minimum Gasteiger partial charge on any atom is -0.486 e. The van der Waals surface area contributed by atoms with E-state index < -0.39 is 0 Å². The summed E-state index contributed by atoms with van der Waals surface area (Å²) in [5.74, 6) is 1.71. The molecule has 0 atom stereocenters. The molecule has 0 bridgehead atoms. The van der Waals surface area contributed by atoms with Gasteiger partial charge in [0.25, 0.3) is 0 Å². The zero-order chi connectivity index (χ0) is 21.2. The molecular formula is C23H22N4O3S. The van der Waals surface area contributed by atoms with E-state index in [0.717, 1.165) is 34.3 Å². The lowest BCUT2D eigenvalue weighted by molar-refractivity contribution is -0.118. The molecule has 0 aliphatic carbocycles. The predicted molar refractivity (Wildman–Crippen MR) is 120 cm³/mol. The van der Waals surface area contributed by atoms with Gasteiger partial charge in [0.15, 0.2) is 22.3 Å². The Morgan fingerprint density at radius 3 is 2.68 bits per heavy atom. The van der Waals surface area contributed by atoms with Gasteiger partial charge in [-0.2, -0.15) is 0 Å². The number of ether oxygens (including phenoxy) is 2. The third-order valence-corrected chi connectivity index (χ3v) is 6.13. The van der Waals surface area contributed by atoms with E-state index in [0.29, 0.717) is 30.7 Å². The van der Waals surface area contributed by atoms with E-state index in [9.17, 15) is 4.79 Å². The zero-order valence-electron chi connectivity index (χ0n) is 17.1. The van der Waals surface area contributed by atoms with Crippen LogP contribution < -0.4 is 14.8 Å². The summed E-state index contributed by atoms with van der Waals surface area (Å²) in [4.78, 5) is 12.4. The number of fused-ring (bicyclic) bond motifs is 4. The average molecular weight is 435 g/mol. The maximum Gasteiger partial charge on any atom is 0.230 e. The number of rotatable bonds is 6. The molecule has 4 aromatic rings. The first-order valence-corrected chi connectivity index (χ1v) is 11.2. The number of nitrogens with zero attached hydrogens (tertiary/aromatic N) is 3. The van der Waals surface area contributed by atoms with Gasteiger partial charge in [-0.05, 0) is 36.6 Å². The smallest absolute Gasteiger partial charge is 0.230 e. The largest absolute Gasteiger partial charge is 0.486 e. The standard InChI is InChI=1S/C23H22N4O3S/c1-15-11-17-12-19-20(30-10-9-29-19)13-18(17)27-22(15)25-26-23(27)31-14-21(28)24-8-7-16-5-3-2-4-6-16/h2-6,11-13H,7-10,14H2,1H3,(H,24,28). The molecule has 2 aromatic carbocycles. The third-order valence-electron chi connectivity index (χ3n) is 5.20. The minimum absolute atomic E-state index is 0.0243. The molecule has 0 spiro atoms. The summed E-state index contributed by atoms with van der Waals surface area (Å²) < 4.78 is 13.5. The number of aromatic nitrogens is 3. The van der Waals surface area contributed by atoms with Gasteiger partial charge in [-0.3, -0.25) is 9.20 Å². The number of aryl methyl sites for hydroxylation is 1. The van der Waals surface area contributed by atoms with Crippen molar-refractivity contribution >= 4 is 34.2 Å². The van der Waals surface area contributed by atoms with Crippen LogP contribution in [0, 0.1) is 6.92 Å². The molecule has 8 heteroatoms. The van der Waals surface area contributed by atoms with Gasteiger partial charge >= 0.3 is 0 Å². The van der Waals surface area contributed by atoms with Gasteiger partial charge in [0, 0.05) is 18.0 Å². The molecule has 5 rings (SSSR count). The van der Waals surface area contributed by atoms with E-state index in [1.54, 1.807) is 0 Å². The maximum absolute atomic E-state index is 12.4. The number of hydrogen-bond acceptors (Lipinski definition) is 6. The van der Waals surface area contributed by atoms with Crippen molar-refractivity contribution in [1.82, 2.24) is 19.9 Å². The summed E-state index contributed by atoms with van der Waals surface area (Å²) in [6, 6.07) is 16.1. The van der Waals surface area contributed by atoms with Crippen LogP contribution >= 0.6 is 11.8 Å². The fraction of sp³-hybridized carbons (Fsp3) is 0.261. The van der Waals surface area contributed by atoms with Crippen LogP contribution in [0.15, 0.2) is 53.7 Å². The van der Waals surface area contributed by atoms with Crippen molar-refractivity contribution in [3.05, 3.63) is 59.7 Å². The van der Waals surface area contributed by atoms with Gasteiger partial charge < -0.3 is 14.8 Å². The van der Waals surface area contributed by atoms with Gasteiger partial charge in [-0.1, -0.05) is 42.1 Å². The molecule has 158 valence electrons. The molecule has 0 radical (unpaired) electrons. The predicted octanol–water partition coefficient (Wildman–Crippen LogP) is 3.41. The molecule has 1 amide bonds. The van der Waals surface area contributed by atoms with E-state index >= 15 is 0 Å². The maximum atomic E-state index is 12.4. The van der Waals surface area contributed by atoms with E-state index in [1.165, 1.54) is 17.3 Å². The SMILES string of the molecule is Cc1cc2cc3c(cc2n2c(SCC(=O)NCCc4ccccc4)nnc12)OCCO3.